The van der Waals surface area contributed by atoms with Crippen molar-refractivity contribution in [3.63, 3.8) is 0 Å². The third-order valence-electron chi connectivity index (χ3n) is 2.42. The number of rotatable bonds is 4. The van der Waals surface area contributed by atoms with Crippen molar-refractivity contribution in [3.05, 3.63) is 29.8 Å². The standard InChI is InChI=1S/C14H22O2/c1-11(10-15-5)16-13-9-7-6-8-12(13)14(2,3)4/h6-9,11H,10H2,1-5H3. The summed E-state index contributed by atoms with van der Waals surface area (Å²) in [7, 11) is 1.69. The van der Waals surface area contributed by atoms with Crippen molar-refractivity contribution in [3.8, 4) is 5.75 Å². The highest BCUT2D eigenvalue weighted by Crippen LogP contribution is 2.31. The van der Waals surface area contributed by atoms with Crippen LogP contribution in [-0.2, 0) is 10.2 Å². The van der Waals surface area contributed by atoms with Crippen molar-refractivity contribution in [2.45, 2.75) is 39.2 Å². The van der Waals surface area contributed by atoms with E-state index in [9.17, 15) is 0 Å². The Kier molecular flexibility index (Phi) is 4.36. The van der Waals surface area contributed by atoms with Crippen molar-refractivity contribution in [1.29, 1.82) is 0 Å². The van der Waals surface area contributed by atoms with E-state index in [4.69, 9.17) is 9.47 Å². The minimum absolute atomic E-state index is 0.0773. The van der Waals surface area contributed by atoms with Gasteiger partial charge in [-0.05, 0) is 24.0 Å². The molecule has 90 valence electrons. The van der Waals surface area contributed by atoms with Crippen molar-refractivity contribution >= 4 is 0 Å². The third kappa shape index (κ3) is 3.53. The maximum atomic E-state index is 5.89. The van der Waals surface area contributed by atoms with Crippen LogP contribution in [0, 0.1) is 0 Å². The van der Waals surface area contributed by atoms with Gasteiger partial charge >= 0.3 is 0 Å². The van der Waals surface area contributed by atoms with Crippen LogP contribution in [0.3, 0.4) is 0 Å². The minimum Gasteiger partial charge on any atom is -0.488 e. The summed E-state index contributed by atoms with van der Waals surface area (Å²) in [6.07, 6.45) is 0.0773. The van der Waals surface area contributed by atoms with E-state index >= 15 is 0 Å². The molecule has 1 rings (SSSR count). The van der Waals surface area contributed by atoms with Gasteiger partial charge in [-0.3, -0.25) is 0 Å². The fourth-order valence-corrected chi connectivity index (χ4v) is 1.67. The summed E-state index contributed by atoms with van der Waals surface area (Å²) in [6, 6.07) is 8.19. The summed E-state index contributed by atoms with van der Waals surface area (Å²) >= 11 is 0. The molecule has 1 atom stereocenters. The molecule has 1 unspecified atom stereocenters. The van der Waals surface area contributed by atoms with Gasteiger partial charge < -0.3 is 9.47 Å². The molecule has 0 fully saturated rings. The van der Waals surface area contributed by atoms with Crippen LogP contribution in [0.1, 0.15) is 33.3 Å². The Bertz CT molecular complexity index is 326. The smallest absolute Gasteiger partial charge is 0.123 e. The minimum atomic E-state index is 0.0773. The number of benzene rings is 1. The number of hydrogen-bond donors (Lipinski definition) is 0. The predicted octanol–water partition coefficient (Wildman–Crippen LogP) is 3.40. The first-order chi connectivity index (χ1) is 7.45. The number of methoxy groups -OCH3 is 1. The summed E-state index contributed by atoms with van der Waals surface area (Å²) in [5.74, 6) is 0.958. The SMILES string of the molecule is COCC(C)Oc1ccccc1C(C)(C)C. The van der Waals surface area contributed by atoms with E-state index in [0.29, 0.717) is 6.61 Å². The van der Waals surface area contributed by atoms with Crippen molar-refractivity contribution < 1.29 is 9.47 Å². The van der Waals surface area contributed by atoms with Crippen molar-refractivity contribution in [1.82, 2.24) is 0 Å². The summed E-state index contributed by atoms with van der Waals surface area (Å²) in [5.41, 5.74) is 1.33. The molecule has 0 aliphatic carbocycles. The fourth-order valence-electron chi connectivity index (χ4n) is 1.67. The first-order valence-corrected chi connectivity index (χ1v) is 5.70. The maximum absolute atomic E-state index is 5.89. The molecular formula is C14H22O2. The number of para-hydroxylation sites is 1. The van der Waals surface area contributed by atoms with E-state index in [2.05, 4.69) is 32.9 Å². The summed E-state index contributed by atoms with van der Waals surface area (Å²) in [6.45, 7) is 9.20. The van der Waals surface area contributed by atoms with Crippen LogP contribution in [-0.4, -0.2) is 19.8 Å². The van der Waals surface area contributed by atoms with Crippen LogP contribution in [0.25, 0.3) is 0 Å². The molecule has 0 spiro atoms. The molecule has 1 aromatic carbocycles. The van der Waals surface area contributed by atoms with Crippen LogP contribution in [0.5, 0.6) is 5.75 Å². The Morgan fingerprint density at radius 3 is 2.38 bits per heavy atom. The highest BCUT2D eigenvalue weighted by atomic mass is 16.5. The lowest BCUT2D eigenvalue weighted by Crippen LogP contribution is -2.21. The molecule has 0 aliphatic rings. The van der Waals surface area contributed by atoms with Crippen LogP contribution in [0.4, 0.5) is 0 Å². The topological polar surface area (TPSA) is 18.5 Å². The van der Waals surface area contributed by atoms with Gasteiger partial charge in [0.15, 0.2) is 0 Å². The molecule has 0 saturated heterocycles. The van der Waals surface area contributed by atoms with Gasteiger partial charge in [0.1, 0.15) is 11.9 Å². The molecule has 0 saturated carbocycles. The molecule has 0 bridgehead atoms. The molecule has 0 amide bonds. The molecule has 0 aromatic heterocycles. The second kappa shape index (κ2) is 5.35. The van der Waals surface area contributed by atoms with Gasteiger partial charge in [0.25, 0.3) is 0 Å². The molecule has 2 heteroatoms. The van der Waals surface area contributed by atoms with Crippen molar-refractivity contribution in [2.75, 3.05) is 13.7 Å². The molecular weight excluding hydrogens is 200 g/mol. The maximum Gasteiger partial charge on any atom is 0.123 e. The van der Waals surface area contributed by atoms with Crippen LogP contribution in [0.15, 0.2) is 24.3 Å². The second-order valence-corrected chi connectivity index (χ2v) is 5.13. The van der Waals surface area contributed by atoms with Crippen molar-refractivity contribution in [2.24, 2.45) is 0 Å². The highest BCUT2D eigenvalue weighted by molar-refractivity contribution is 5.38. The van der Waals surface area contributed by atoms with E-state index < -0.39 is 0 Å². The van der Waals surface area contributed by atoms with Crippen LogP contribution >= 0.6 is 0 Å². The predicted molar refractivity (Wildman–Crippen MR) is 67.1 cm³/mol. The normalized spacial score (nSPS) is 13.6. The van der Waals surface area contributed by atoms with Gasteiger partial charge in [-0.1, -0.05) is 39.0 Å². The van der Waals surface area contributed by atoms with Gasteiger partial charge in [-0.2, -0.15) is 0 Å². The number of ether oxygens (including phenoxy) is 2. The molecule has 1 aromatic rings. The zero-order valence-corrected chi connectivity index (χ0v) is 10.9. The average Bonchev–Trinajstić information content (AvgIpc) is 2.17. The summed E-state index contributed by atoms with van der Waals surface area (Å²) in [4.78, 5) is 0. The van der Waals surface area contributed by atoms with Gasteiger partial charge in [0.2, 0.25) is 0 Å². The zero-order chi connectivity index (χ0) is 12.2. The second-order valence-electron chi connectivity index (χ2n) is 5.13. The van der Waals surface area contributed by atoms with Crippen LogP contribution in [0.2, 0.25) is 0 Å². The Labute approximate surface area is 98.6 Å². The van der Waals surface area contributed by atoms with E-state index in [-0.39, 0.29) is 11.5 Å². The lowest BCUT2D eigenvalue weighted by molar-refractivity contribution is 0.0907. The van der Waals surface area contributed by atoms with Crippen LogP contribution < -0.4 is 4.74 Å². The summed E-state index contributed by atoms with van der Waals surface area (Å²) < 4.78 is 11.0. The Hall–Kier alpha value is -1.02. The quantitative estimate of drug-likeness (QED) is 0.777. The Balaban J connectivity index is 2.87. The monoisotopic (exact) mass is 222 g/mol. The molecule has 16 heavy (non-hydrogen) atoms. The molecule has 2 nitrogen and oxygen atoms in total. The summed E-state index contributed by atoms with van der Waals surface area (Å²) in [5, 5.41) is 0. The fraction of sp³-hybridized carbons (Fsp3) is 0.571. The third-order valence-corrected chi connectivity index (χ3v) is 2.42. The first-order valence-electron chi connectivity index (χ1n) is 5.70. The van der Waals surface area contributed by atoms with E-state index in [1.807, 2.05) is 19.1 Å². The largest absolute Gasteiger partial charge is 0.488 e. The average molecular weight is 222 g/mol. The number of hydrogen-bond acceptors (Lipinski definition) is 2. The lowest BCUT2D eigenvalue weighted by Gasteiger charge is -2.24. The lowest BCUT2D eigenvalue weighted by atomic mass is 9.86. The molecule has 0 radical (unpaired) electrons. The molecule has 0 aliphatic heterocycles. The van der Waals surface area contributed by atoms with Gasteiger partial charge in [-0.15, -0.1) is 0 Å². The Morgan fingerprint density at radius 1 is 1.19 bits per heavy atom. The van der Waals surface area contributed by atoms with Gasteiger partial charge in [0.05, 0.1) is 6.61 Å². The van der Waals surface area contributed by atoms with E-state index in [0.717, 1.165) is 5.75 Å². The zero-order valence-electron chi connectivity index (χ0n) is 10.9. The highest BCUT2D eigenvalue weighted by Gasteiger charge is 2.19. The van der Waals surface area contributed by atoms with E-state index in [1.165, 1.54) is 5.56 Å². The van der Waals surface area contributed by atoms with Gasteiger partial charge in [0, 0.05) is 7.11 Å². The molecule has 0 N–H and O–H groups in total. The Morgan fingerprint density at radius 2 is 1.81 bits per heavy atom. The molecule has 0 heterocycles. The first kappa shape index (κ1) is 13.0. The van der Waals surface area contributed by atoms with Gasteiger partial charge in [-0.25, -0.2) is 0 Å². The van der Waals surface area contributed by atoms with E-state index in [1.54, 1.807) is 7.11 Å².